The van der Waals surface area contributed by atoms with Crippen molar-refractivity contribution in [2.45, 2.75) is 25.3 Å². The molecule has 0 radical (unpaired) electrons. The zero-order chi connectivity index (χ0) is 21.0. The summed E-state index contributed by atoms with van der Waals surface area (Å²) in [6.45, 7) is 4.23. The minimum atomic E-state index is -3.50. The number of sulfone groups is 1. The number of benzene rings is 2. The van der Waals surface area contributed by atoms with Gasteiger partial charge in [0, 0.05) is 18.5 Å². The summed E-state index contributed by atoms with van der Waals surface area (Å²) in [5, 5.41) is 7.73. The molecule has 0 atom stereocenters. The van der Waals surface area contributed by atoms with E-state index < -0.39 is 15.7 Å². The third-order valence-corrected chi connectivity index (χ3v) is 6.11. The van der Waals surface area contributed by atoms with Gasteiger partial charge in [-0.05, 0) is 24.1 Å². The van der Waals surface area contributed by atoms with Crippen LogP contribution in [-0.2, 0) is 16.4 Å². The van der Waals surface area contributed by atoms with E-state index in [1.54, 1.807) is 42.5 Å². The van der Waals surface area contributed by atoms with Gasteiger partial charge >= 0.3 is 0 Å². The van der Waals surface area contributed by atoms with Crippen LogP contribution in [0, 0.1) is 5.92 Å². The molecule has 0 unspecified atom stereocenters. The van der Waals surface area contributed by atoms with Crippen molar-refractivity contribution in [1.82, 2.24) is 15.1 Å². The van der Waals surface area contributed by atoms with Gasteiger partial charge in [-0.1, -0.05) is 50.2 Å². The summed E-state index contributed by atoms with van der Waals surface area (Å²) in [5.41, 5.74) is -0.143. The zero-order valence-electron chi connectivity index (χ0n) is 16.3. The fourth-order valence-corrected chi connectivity index (χ4v) is 4.18. The van der Waals surface area contributed by atoms with E-state index >= 15 is 0 Å². The Hall–Kier alpha value is -3.00. The Morgan fingerprint density at radius 1 is 1.03 bits per heavy atom. The van der Waals surface area contributed by atoms with E-state index in [4.69, 9.17) is 0 Å². The number of fused-ring (bicyclic) bond motifs is 1. The fraction of sp³-hybridized carbons (Fsp3) is 0.286. The molecule has 7 nitrogen and oxygen atoms in total. The van der Waals surface area contributed by atoms with Crippen LogP contribution in [0.5, 0.6) is 0 Å². The summed E-state index contributed by atoms with van der Waals surface area (Å²) in [4.78, 5) is 25.6. The Morgan fingerprint density at radius 3 is 2.31 bits per heavy atom. The monoisotopic (exact) mass is 413 g/mol. The van der Waals surface area contributed by atoms with Gasteiger partial charge < -0.3 is 5.32 Å². The normalized spacial score (nSPS) is 11.7. The van der Waals surface area contributed by atoms with E-state index in [2.05, 4.69) is 10.4 Å². The predicted molar refractivity (Wildman–Crippen MR) is 112 cm³/mol. The maximum Gasteiger partial charge on any atom is 0.274 e. The second kappa shape index (κ2) is 8.57. The average molecular weight is 413 g/mol. The predicted octanol–water partition coefficient (Wildman–Crippen LogP) is 2.26. The first-order valence-corrected chi connectivity index (χ1v) is 11.0. The summed E-state index contributed by atoms with van der Waals surface area (Å²) < 4.78 is 26.0. The van der Waals surface area contributed by atoms with Gasteiger partial charge in [0.05, 0.1) is 16.0 Å². The summed E-state index contributed by atoms with van der Waals surface area (Å²) in [6.07, 6.45) is 0. The Balaban J connectivity index is 1.84. The number of nitrogens with one attached hydrogen (secondary N) is 1. The maximum absolute atomic E-state index is 12.7. The number of hydrogen-bond donors (Lipinski definition) is 1. The van der Waals surface area contributed by atoms with Gasteiger partial charge in [-0.3, -0.25) is 9.59 Å². The molecule has 0 saturated heterocycles. The Labute approximate surface area is 169 Å². The van der Waals surface area contributed by atoms with E-state index in [9.17, 15) is 18.0 Å². The van der Waals surface area contributed by atoms with Crippen molar-refractivity contribution in [1.29, 1.82) is 0 Å². The van der Waals surface area contributed by atoms with Crippen LogP contribution in [0.25, 0.3) is 10.8 Å². The van der Waals surface area contributed by atoms with Crippen molar-refractivity contribution < 1.29 is 13.2 Å². The molecule has 8 heteroatoms. The van der Waals surface area contributed by atoms with Crippen molar-refractivity contribution in [2.75, 3.05) is 12.3 Å². The fourth-order valence-electron chi connectivity index (χ4n) is 3.00. The first-order chi connectivity index (χ1) is 13.8. The lowest BCUT2D eigenvalue weighted by Gasteiger charge is -2.13. The molecule has 152 valence electrons. The summed E-state index contributed by atoms with van der Waals surface area (Å²) >= 11 is 0. The number of nitrogens with zero attached hydrogens (tertiary/aromatic N) is 2. The molecule has 0 saturated carbocycles. The van der Waals surface area contributed by atoms with E-state index in [0.29, 0.717) is 17.3 Å². The Morgan fingerprint density at radius 2 is 1.66 bits per heavy atom. The van der Waals surface area contributed by atoms with E-state index in [-0.39, 0.29) is 34.4 Å². The van der Waals surface area contributed by atoms with Gasteiger partial charge in [-0.25, -0.2) is 13.1 Å². The van der Waals surface area contributed by atoms with Gasteiger partial charge in [-0.15, -0.1) is 0 Å². The Bertz CT molecular complexity index is 1190. The molecule has 29 heavy (non-hydrogen) atoms. The number of amides is 1. The highest BCUT2D eigenvalue weighted by molar-refractivity contribution is 7.91. The van der Waals surface area contributed by atoms with Crippen LogP contribution in [0.2, 0.25) is 0 Å². The third kappa shape index (κ3) is 4.71. The highest BCUT2D eigenvalue weighted by Crippen LogP contribution is 2.14. The molecule has 3 rings (SSSR count). The minimum absolute atomic E-state index is 0.0601. The van der Waals surface area contributed by atoms with Crippen LogP contribution >= 0.6 is 0 Å². The molecule has 0 fully saturated rings. The summed E-state index contributed by atoms with van der Waals surface area (Å²) in [6, 6.07) is 14.9. The smallest absolute Gasteiger partial charge is 0.274 e. The average Bonchev–Trinajstić information content (AvgIpc) is 2.70. The molecular formula is C21H23N3O4S. The molecule has 2 aromatic carbocycles. The third-order valence-electron chi connectivity index (χ3n) is 4.38. The lowest BCUT2D eigenvalue weighted by atomic mass is 10.1. The second-order valence-corrected chi connectivity index (χ2v) is 9.27. The molecule has 0 aliphatic heterocycles. The number of rotatable bonds is 7. The van der Waals surface area contributed by atoms with Crippen molar-refractivity contribution in [3.05, 3.63) is 70.6 Å². The summed E-state index contributed by atoms with van der Waals surface area (Å²) in [5.74, 6) is -0.568. The quantitative estimate of drug-likeness (QED) is 0.641. The standard InChI is InChI=1S/C21H23N3O4S/c1-15(2)14-24-21(26)18-11-7-6-10-17(18)19(23-24)20(25)22-12-13-29(27,28)16-8-4-3-5-9-16/h3-11,15H,12-14H2,1-2H3,(H,22,25). The van der Waals surface area contributed by atoms with Gasteiger partial charge in [0.2, 0.25) is 0 Å². The van der Waals surface area contributed by atoms with Gasteiger partial charge in [-0.2, -0.15) is 5.10 Å². The van der Waals surface area contributed by atoms with E-state index in [1.807, 2.05) is 13.8 Å². The topological polar surface area (TPSA) is 98.1 Å². The molecule has 1 aromatic heterocycles. The van der Waals surface area contributed by atoms with Gasteiger partial charge in [0.25, 0.3) is 11.5 Å². The highest BCUT2D eigenvalue weighted by atomic mass is 32.2. The van der Waals surface area contributed by atoms with Crippen LogP contribution in [0.1, 0.15) is 24.3 Å². The van der Waals surface area contributed by atoms with Crippen LogP contribution in [0.15, 0.2) is 64.3 Å². The van der Waals surface area contributed by atoms with Crippen LogP contribution in [-0.4, -0.2) is 36.4 Å². The zero-order valence-corrected chi connectivity index (χ0v) is 17.1. The van der Waals surface area contributed by atoms with Crippen LogP contribution in [0.4, 0.5) is 0 Å². The minimum Gasteiger partial charge on any atom is -0.350 e. The second-order valence-electron chi connectivity index (χ2n) is 7.16. The SMILES string of the molecule is CC(C)Cn1nc(C(=O)NCCS(=O)(=O)c2ccccc2)c2ccccc2c1=O. The number of carbonyl (C=O) groups is 1. The van der Waals surface area contributed by atoms with Gasteiger partial charge in [0.1, 0.15) is 0 Å². The highest BCUT2D eigenvalue weighted by Gasteiger charge is 2.19. The molecule has 0 bridgehead atoms. The molecule has 0 aliphatic carbocycles. The number of hydrogen-bond acceptors (Lipinski definition) is 5. The lowest BCUT2D eigenvalue weighted by Crippen LogP contribution is -2.33. The van der Waals surface area contributed by atoms with Crippen molar-refractivity contribution in [2.24, 2.45) is 5.92 Å². The molecule has 0 aliphatic rings. The van der Waals surface area contributed by atoms with Crippen molar-refractivity contribution in [3.63, 3.8) is 0 Å². The van der Waals surface area contributed by atoms with Crippen LogP contribution in [0.3, 0.4) is 0 Å². The molecule has 1 N–H and O–H groups in total. The molecule has 1 amide bonds. The van der Waals surface area contributed by atoms with Crippen molar-refractivity contribution in [3.8, 4) is 0 Å². The molecular weight excluding hydrogens is 390 g/mol. The largest absolute Gasteiger partial charge is 0.350 e. The summed E-state index contributed by atoms with van der Waals surface area (Å²) in [7, 11) is -3.50. The number of aromatic nitrogens is 2. The van der Waals surface area contributed by atoms with Crippen molar-refractivity contribution >= 4 is 26.5 Å². The van der Waals surface area contributed by atoms with Crippen LogP contribution < -0.4 is 10.9 Å². The maximum atomic E-state index is 12.7. The first kappa shape index (κ1) is 20.7. The first-order valence-electron chi connectivity index (χ1n) is 9.35. The van der Waals surface area contributed by atoms with E-state index in [1.165, 1.54) is 16.8 Å². The lowest BCUT2D eigenvalue weighted by molar-refractivity contribution is 0.0950. The van der Waals surface area contributed by atoms with Gasteiger partial charge in [0.15, 0.2) is 15.5 Å². The molecule has 1 heterocycles. The van der Waals surface area contributed by atoms with E-state index in [0.717, 1.165) is 0 Å². The molecule has 0 spiro atoms. The Kier molecular flexibility index (Phi) is 6.12. The molecule has 3 aromatic rings. The number of carbonyl (C=O) groups excluding carboxylic acids is 1.